The van der Waals surface area contributed by atoms with Crippen molar-refractivity contribution >= 4 is 12.3 Å². The lowest BCUT2D eigenvalue weighted by atomic mass is 9.98. The lowest BCUT2D eigenvalue weighted by molar-refractivity contribution is -0.313. The number of aliphatic hydroxyl groups is 6. The number of carbonyl (C=O) groups is 2. The Bertz CT molecular complexity index is 435. The van der Waals surface area contributed by atoms with Gasteiger partial charge in [0.25, 0.3) is 0 Å². The number of carboxylic acids is 1. The summed E-state index contributed by atoms with van der Waals surface area (Å²) in [6.45, 7) is -0.903. The fourth-order valence-corrected chi connectivity index (χ4v) is 2.12. The van der Waals surface area contributed by atoms with Crippen LogP contribution in [0.1, 0.15) is 0 Å². The zero-order valence-corrected chi connectivity index (χ0v) is 12.3. The van der Waals surface area contributed by atoms with Gasteiger partial charge in [0.05, 0.1) is 12.6 Å². The molecule has 0 bridgehead atoms. The first-order valence-electron chi connectivity index (χ1n) is 6.91. The Balaban J connectivity index is 2.98. The summed E-state index contributed by atoms with van der Waals surface area (Å²) in [5.41, 5.74) is 5.42. The largest absolute Gasteiger partial charge is 0.479 e. The van der Waals surface area contributed by atoms with E-state index in [0.717, 1.165) is 0 Å². The molecule has 12 heteroatoms. The molecule has 24 heavy (non-hydrogen) atoms. The second-order valence-corrected chi connectivity index (χ2v) is 5.29. The van der Waals surface area contributed by atoms with Crippen LogP contribution in [0.15, 0.2) is 0 Å². The van der Waals surface area contributed by atoms with Gasteiger partial charge in [0.2, 0.25) is 0 Å². The fraction of sp³-hybridized carbons (Fsp3) is 0.833. The van der Waals surface area contributed by atoms with Gasteiger partial charge >= 0.3 is 5.97 Å². The molecule has 1 aliphatic rings. The molecule has 140 valence electrons. The second-order valence-electron chi connectivity index (χ2n) is 5.29. The van der Waals surface area contributed by atoms with Gasteiger partial charge in [0, 0.05) is 0 Å². The van der Waals surface area contributed by atoms with E-state index in [4.69, 9.17) is 25.4 Å². The number of ether oxygens (including phenoxy) is 2. The summed E-state index contributed by atoms with van der Waals surface area (Å²) < 4.78 is 9.88. The third-order valence-electron chi connectivity index (χ3n) is 3.56. The number of hydrogen-bond donors (Lipinski definition) is 8. The van der Waals surface area contributed by atoms with Crippen LogP contribution in [0.3, 0.4) is 0 Å². The van der Waals surface area contributed by atoms with Gasteiger partial charge in [0.1, 0.15) is 42.9 Å². The zero-order valence-electron chi connectivity index (χ0n) is 12.3. The van der Waals surface area contributed by atoms with Crippen molar-refractivity contribution < 1.29 is 54.8 Å². The van der Waals surface area contributed by atoms with Crippen molar-refractivity contribution in [2.45, 2.75) is 55.1 Å². The molecule has 1 fully saturated rings. The molecule has 0 aliphatic carbocycles. The average molecular weight is 355 g/mol. The molecule has 0 saturated carbocycles. The Morgan fingerprint density at radius 3 is 2.25 bits per heavy atom. The molecular formula is C12H21NO11. The normalized spacial score (nSPS) is 35.7. The van der Waals surface area contributed by atoms with Crippen molar-refractivity contribution in [1.82, 2.24) is 0 Å². The highest BCUT2D eigenvalue weighted by atomic mass is 16.7. The van der Waals surface area contributed by atoms with Crippen LogP contribution in [-0.4, -0.2) is 110 Å². The summed E-state index contributed by atoms with van der Waals surface area (Å²) in [6, 6.07) is -1.54. The van der Waals surface area contributed by atoms with E-state index in [1.807, 2.05) is 0 Å². The van der Waals surface area contributed by atoms with Crippen molar-refractivity contribution in [2.75, 3.05) is 6.61 Å². The highest BCUT2D eigenvalue weighted by Gasteiger charge is 2.49. The molecule has 0 aromatic carbocycles. The van der Waals surface area contributed by atoms with Crippen LogP contribution in [0.25, 0.3) is 0 Å². The summed E-state index contributed by atoms with van der Waals surface area (Å²) in [5, 5.41) is 66.1. The number of aldehydes is 1. The lowest BCUT2D eigenvalue weighted by Gasteiger charge is -2.41. The number of carboxylic acid groups (broad SMARTS) is 1. The van der Waals surface area contributed by atoms with E-state index >= 15 is 0 Å². The first-order chi connectivity index (χ1) is 11.1. The summed E-state index contributed by atoms with van der Waals surface area (Å²) in [6.07, 6.45) is -14.9. The molecule has 1 heterocycles. The van der Waals surface area contributed by atoms with Crippen LogP contribution < -0.4 is 5.73 Å². The molecule has 1 saturated heterocycles. The Hall–Kier alpha value is -1.22. The third kappa shape index (κ3) is 4.44. The molecule has 0 aromatic heterocycles. The molecule has 1 rings (SSSR count). The van der Waals surface area contributed by atoms with Gasteiger partial charge in [-0.05, 0) is 0 Å². The molecule has 0 amide bonds. The maximum absolute atomic E-state index is 11.0. The van der Waals surface area contributed by atoms with Crippen molar-refractivity contribution in [3.05, 3.63) is 0 Å². The topological polar surface area (TPSA) is 220 Å². The van der Waals surface area contributed by atoms with E-state index in [-0.39, 0.29) is 6.29 Å². The number of hydrogen-bond acceptors (Lipinski definition) is 11. The number of nitrogens with two attached hydrogens (primary N) is 1. The summed E-state index contributed by atoms with van der Waals surface area (Å²) >= 11 is 0. The number of aliphatic carboxylic acids is 1. The molecule has 12 nitrogen and oxygen atoms in total. The molecule has 0 radical (unpaired) electrons. The minimum absolute atomic E-state index is 0.146. The van der Waals surface area contributed by atoms with Crippen LogP contribution >= 0.6 is 0 Å². The predicted molar refractivity (Wildman–Crippen MR) is 72.3 cm³/mol. The number of aliphatic hydroxyl groups excluding tert-OH is 6. The van der Waals surface area contributed by atoms with Crippen molar-refractivity contribution in [2.24, 2.45) is 5.73 Å². The maximum Gasteiger partial charge on any atom is 0.335 e. The minimum Gasteiger partial charge on any atom is -0.479 e. The number of rotatable bonds is 8. The van der Waals surface area contributed by atoms with Gasteiger partial charge in [-0.2, -0.15) is 0 Å². The van der Waals surface area contributed by atoms with E-state index in [0.29, 0.717) is 0 Å². The summed E-state index contributed by atoms with van der Waals surface area (Å²) in [7, 11) is 0. The van der Waals surface area contributed by atoms with Crippen LogP contribution in [-0.2, 0) is 19.1 Å². The van der Waals surface area contributed by atoms with Crippen LogP contribution in [0.4, 0.5) is 0 Å². The molecule has 9 unspecified atom stereocenters. The first kappa shape index (κ1) is 20.8. The fourth-order valence-electron chi connectivity index (χ4n) is 2.12. The van der Waals surface area contributed by atoms with Gasteiger partial charge in [-0.3, -0.25) is 0 Å². The Morgan fingerprint density at radius 1 is 1.21 bits per heavy atom. The quantitative estimate of drug-likeness (QED) is 0.191. The summed E-state index contributed by atoms with van der Waals surface area (Å²) in [5.74, 6) is -1.66. The van der Waals surface area contributed by atoms with Gasteiger partial charge in [-0.15, -0.1) is 0 Å². The summed E-state index contributed by atoms with van der Waals surface area (Å²) in [4.78, 5) is 21.8. The van der Waals surface area contributed by atoms with Crippen LogP contribution in [0, 0.1) is 0 Å². The minimum atomic E-state index is -1.96. The SMILES string of the molecule is NC(C=O)C(OC1OC(C(=O)O)C(O)C(O)C1O)C(O)C(O)CO. The average Bonchev–Trinajstić information content (AvgIpc) is 2.56. The Morgan fingerprint density at radius 2 is 1.79 bits per heavy atom. The third-order valence-corrected chi connectivity index (χ3v) is 3.56. The van der Waals surface area contributed by atoms with Crippen molar-refractivity contribution in [1.29, 1.82) is 0 Å². The number of carbonyl (C=O) groups excluding carboxylic acids is 1. The maximum atomic E-state index is 11.0. The molecule has 9 atom stereocenters. The monoisotopic (exact) mass is 355 g/mol. The van der Waals surface area contributed by atoms with Crippen LogP contribution in [0.5, 0.6) is 0 Å². The van der Waals surface area contributed by atoms with Crippen LogP contribution in [0.2, 0.25) is 0 Å². The second kappa shape index (κ2) is 8.75. The van der Waals surface area contributed by atoms with Gasteiger partial charge in [0.15, 0.2) is 12.4 Å². The van der Waals surface area contributed by atoms with Crippen molar-refractivity contribution in [3.8, 4) is 0 Å². The van der Waals surface area contributed by atoms with Gasteiger partial charge in [-0.25, -0.2) is 4.79 Å². The van der Waals surface area contributed by atoms with E-state index in [1.165, 1.54) is 0 Å². The van der Waals surface area contributed by atoms with Gasteiger partial charge < -0.3 is 55.7 Å². The van der Waals surface area contributed by atoms with E-state index in [1.54, 1.807) is 0 Å². The molecule has 0 spiro atoms. The van der Waals surface area contributed by atoms with Crippen molar-refractivity contribution in [3.63, 3.8) is 0 Å². The molecule has 9 N–H and O–H groups in total. The highest BCUT2D eigenvalue weighted by Crippen LogP contribution is 2.24. The Kier molecular flexibility index (Phi) is 7.59. The molecular weight excluding hydrogens is 334 g/mol. The zero-order chi connectivity index (χ0) is 18.6. The lowest BCUT2D eigenvalue weighted by Crippen LogP contribution is -2.63. The standard InChI is InChI=1S/C12H21NO11/c13-3(1-14)9(5(17)4(16)2-15)23-12-8(20)6(18)7(19)10(24-12)11(21)22/h1,3-10,12,15-20H,2,13H2,(H,21,22). The highest BCUT2D eigenvalue weighted by molar-refractivity contribution is 5.73. The van der Waals surface area contributed by atoms with E-state index in [9.17, 15) is 35.1 Å². The molecule has 1 aliphatic heterocycles. The predicted octanol–water partition coefficient (Wildman–Crippen LogP) is -5.50. The van der Waals surface area contributed by atoms with Gasteiger partial charge in [-0.1, -0.05) is 0 Å². The Labute approximate surface area is 135 Å². The van der Waals surface area contributed by atoms with E-state index in [2.05, 4.69) is 0 Å². The van der Waals surface area contributed by atoms with E-state index < -0.39 is 67.6 Å². The first-order valence-corrected chi connectivity index (χ1v) is 6.91. The molecule has 0 aromatic rings. The smallest absolute Gasteiger partial charge is 0.335 e.